The van der Waals surface area contributed by atoms with E-state index in [0.717, 1.165) is 12.5 Å². The summed E-state index contributed by atoms with van der Waals surface area (Å²) in [6, 6.07) is 5.36. The van der Waals surface area contributed by atoms with E-state index >= 15 is 0 Å². The Morgan fingerprint density at radius 2 is 1.96 bits per heavy atom. The Morgan fingerprint density at radius 1 is 1.30 bits per heavy atom. The summed E-state index contributed by atoms with van der Waals surface area (Å²) < 4.78 is 44.7. The predicted molar refractivity (Wildman–Crippen MR) is 99.5 cm³/mol. The van der Waals surface area contributed by atoms with Crippen molar-refractivity contribution in [3.8, 4) is 0 Å². The molecule has 2 aliphatic heterocycles. The average molecular weight is 401 g/mol. The molecule has 2 aliphatic rings. The van der Waals surface area contributed by atoms with Crippen molar-refractivity contribution in [2.75, 3.05) is 25.0 Å². The van der Waals surface area contributed by atoms with E-state index in [1.807, 2.05) is 11.8 Å². The Labute approximate surface area is 161 Å². The summed E-state index contributed by atoms with van der Waals surface area (Å²) in [5, 5.41) is 2.99. The van der Waals surface area contributed by atoms with Gasteiger partial charge in [0.25, 0.3) is 0 Å². The maximum atomic E-state index is 13.1. The summed E-state index contributed by atoms with van der Waals surface area (Å²) in [6.07, 6.45) is -2.59. The summed E-state index contributed by atoms with van der Waals surface area (Å²) in [6.45, 7) is 3.73. The lowest BCUT2D eigenvalue weighted by Gasteiger charge is -2.37. The van der Waals surface area contributed by atoms with Crippen molar-refractivity contribution in [1.29, 1.82) is 0 Å². The molecule has 2 heterocycles. The van der Waals surface area contributed by atoms with Crippen LogP contribution in [0.25, 0.3) is 0 Å². The summed E-state index contributed by atoms with van der Waals surface area (Å²) in [7, 11) is 0. The van der Waals surface area contributed by atoms with E-state index in [9.17, 15) is 18.0 Å². The number of alkyl halides is 3. The van der Waals surface area contributed by atoms with Crippen molar-refractivity contribution in [2.24, 2.45) is 0 Å². The summed E-state index contributed by atoms with van der Waals surface area (Å²) in [5.74, 6) is 0. The number of nitrogens with one attached hydrogen (secondary N) is 1. The highest BCUT2D eigenvalue weighted by atomic mass is 32.1. The fraction of sp³-hybridized carbons (Fsp3) is 0.556. The number of nitrogens with zero attached hydrogens (tertiary/aromatic N) is 2. The zero-order valence-electron chi connectivity index (χ0n) is 15.0. The normalized spacial score (nSPS) is 21.3. The van der Waals surface area contributed by atoms with Crippen molar-refractivity contribution in [3.05, 3.63) is 29.8 Å². The molecule has 27 heavy (non-hydrogen) atoms. The molecule has 0 aliphatic carbocycles. The van der Waals surface area contributed by atoms with Crippen LogP contribution in [0.1, 0.15) is 31.7 Å². The predicted octanol–water partition coefficient (Wildman–Crippen LogP) is 4.10. The van der Waals surface area contributed by atoms with Crippen LogP contribution in [0, 0.1) is 0 Å². The summed E-state index contributed by atoms with van der Waals surface area (Å²) >= 11 is 5.31. The van der Waals surface area contributed by atoms with Gasteiger partial charge < -0.3 is 19.9 Å². The van der Waals surface area contributed by atoms with E-state index in [1.165, 1.54) is 18.2 Å². The molecule has 2 fully saturated rings. The molecule has 0 radical (unpaired) electrons. The SMILES string of the molecule is CCC1CN(C2CCN(C(=S)Nc3ccccc3C(F)(F)F)CC2)C(=O)O1. The summed E-state index contributed by atoms with van der Waals surface area (Å²) in [5.41, 5.74) is -0.793. The first-order valence-corrected chi connectivity index (χ1v) is 9.39. The van der Waals surface area contributed by atoms with Gasteiger partial charge in [0.2, 0.25) is 0 Å². The average Bonchev–Trinajstić information content (AvgIpc) is 3.02. The third-order valence-electron chi connectivity index (χ3n) is 5.02. The quantitative estimate of drug-likeness (QED) is 0.773. The Kier molecular flexibility index (Phi) is 5.78. The second-order valence-corrected chi connectivity index (χ2v) is 7.14. The molecule has 0 spiro atoms. The number of anilines is 1. The first kappa shape index (κ1) is 19.7. The van der Waals surface area contributed by atoms with Crippen LogP contribution in [-0.4, -0.2) is 52.8 Å². The zero-order chi connectivity index (χ0) is 19.6. The number of rotatable bonds is 3. The molecule has 0 saturated carbocycles. The Bertz CT molecular complexity index is 705. The Balaban J connectivity index is 1.58. The second-order valence-electron chi connectivity index (χ2n) is 6.76. The van der Waals surface area contributed by atoms with E-state index in [1.54, 1.807) is 4.90 Å². The molecule has 1 atom stereocenters. The molecule has 0 aromatic heterocycles. The van der Waals surface area contributed by atoms with Gasteiger partial charge in [0, 0.05) is 19.1 Å². The lowest BCUT2D eigenvalue weighted by Crippen LogP contribution is -2.48. The van der Waals surface area contributed by atoms with Crippen LogP contribution in [0.15, 0.2) is 24.3 Å². The van der Waals surface area contributed by atoms with Gasteiger partial charge in [0.15, 0.2) is 5.11 Å². The van der Waals surface area contributed by atoms with Gasteiger partial charge in [0.05, 0.1) is 17.8 Å². The number of ether oxygens (including phenoxy) is 1. The van der Waals surface area contributed by atoms with Crippen molar-refractivity contribution in [2.45, 2.75) is 44.5 Å². The number of likely N-dealkylation sites (tertiary alicyclic amines) is 1. The van der Waals surface area contributed by atoms with Crippen LogP contribution in [-0.2, 0) is 10.9 Å². The zero-order valence-corrected chi connectivity index (χ0v) is 15.8. The smallest absolute Gasteiger partial charge is 0.418 e. The molecule has 1 N–H and O–H groups in total. The maximum absolute atomic E-state index is 13.1. The molecule has 0 bridgehead atoms. The molecular formula is C18H22F3N3O2S. The van der Waals surface area contributed by atoms with Crippen LogP contribution in [0.2, 0.25) is 0 Å². The molecule has 1 aromatic carbocycles. The molecule has 1 unspecified atom stereocenters. The van der Waals surface area contributed by atoms with Gasteiger partial charge in [-0.25, -0.2) is 4.79 Å². The number of hydrogen-bond donors (Lipinski definition) is 1. The minimum absolute atomic E-state index is 0.0500. The molecule has 2 saturated heterocycles. The number of benzene rings is 1. The minimum Gasteiger partial charge on any atom is -0.444 e. The van der Waals surface area contributed by atoms with E-state index in [4.69, 9.17) is 17.0 Å². The first-order chi connectivity index (χ1) is 12.8. The van der Waals surface area contributed by atoms with Gasteiger partial charge in [-0.1, -0.05) is 19.1 Å². The van der Waals surface area contributed by atoms with Crippen LogP contribution in [0.4, 0.5) is 23.7 Å². The monoisotopic (exact) mass is 401 g/mol. The number of amides is 1. The van der Waals surface area contributed by atoms with Gasteiger partial charge >= 0.3 is 12.3 Å². The number of carbonyl (C=O) groups is 1. The Hall–Kier alpha value is -2.03. The second kappa shape index (κ2) is 7.92. The van der Waals surface area contributed by atoms with E-state index in [2.05, 4.69) is 5.32 Å². The third-order valence-corrected chi connectivity index (χ3v) is 5.38. The molecule has 148 valence electrons. The highest BCUT2D eigenvalue weighted by Gasteiger charge is 2.37. The van der Waals surface area contributed by atoms with E-state index < -0.39 is 11.7 Å². The van der Waals surface area contributed by atoms with Crippen molar-refractivity contribution in [3.63, 3.8) is 0 Å². The highest BCUT2D eigenvalue weighted by Crippen LogP contribution is 2.34. The number of thiocarbonyl (C=S) groups is 1. The molecule has 1 aromatic rings. The van der Waals surface area contributed by atoms with Crippen molar-refractivity contribution >= 4 is 29.1 Å². The number of cyclic esters (lactones) is 1. The van der Waals surface area contributed by atoms with Gasteiger partial charge in [-0.2, -0.15) is 13.2 Å². The van der Waals surface area contributed by atoms with E-state index in [0.29, 0.717) is 32.5 Å². The van der Waals surface area contributed by atoms with Crippen LogP contribution in [0.3, 0.4) is 0 Å². The van der Waals surface area contributed by atoms with Crippen LogP contribution in [0.5, 0.6) is 0 Å². The van der Waals surface area contributed by atoms with E-state index in [-0.39, 0.29) is 29.0 Å². The van der Waals surface area contributed by atoms with Crippen molar-refractivity contribution in [1.82, 2.24) is 9.80 Å². The van der Waals surface area contributed by atoms with Gasteiger partial charge in [-0.15, -0.1) is 0 Å². The van der Waals surface area contributed by atoms with Crippen LogP contribution >= 0.6 is 12.2 Å². The molecule has 5 nitrogen and oxygen atoms in total. The first-order valence-electron chi connectivity index (χ1n) is 8.99. The molecule has 3 rings (SSSR count). The Morgan fingerprint density at radius 3 is 2.56 bits per heavy atom. The lowest BCUT2D eigenvalue weighted by atomic mass is 10.0. The number of carbonyl (C=O) groups excluding carboxylic acids is 1. The van der Waals surface area contributed by atoms with Crippen molar-refractivity contribution < 1.29 is 22.7 Å². The molecular weight excluding hydrogens is 379 g/mol. The van der Waals surface area contributed by atoms with Gasteiger partial charge in [-0.3, -0.25) is 0 Å². The minimum atomic E-state index is -4.45. The highest BCUT2D eigenvalue weighted by molar-refractivity contribution is 7.80. The maximum Gasteiger partial charge on any atom is 0.418 e. The number of hydrogen-bond acceptors (Lipinski definition) is 3. The lowest BCUT2D eigenvalue weighted by molar-refractivity contribution is -0.136. The van der Waals surface area contributed by atoms with Crippen LogP contribution < -0.4 is 5.32 Å². The largest absolute Gasteiger partial charge is 0.444 e. The fourth-order valence-corrected chi connectivity index (χ4v) is 3.76. The number of para-hydroxylation sites is 1. The standard InChI is InChI=1S/C18H22F3N3O2S/c1-2-13-11-24(17(25)26-13)12-7-9-23(10-8-12)16(27)22-15-6-4-3-5-14(15)18(19,20)21/h3-6,12-13H,2,7-11H2,1H3,(H,22,27). The molecule has 9 heteroatoms. The van der Waals surface area contributed by atoms with Gasteiger partial charge in [-0.05, 0) is 43.6 Å². The van der Waals surface area contributed by atoms with Gasteiger partial charge in [0.1, 0.15) is 6.10 Å². The number of piperidine rings is 1. The third kappa shape index (κ3) is 4.45. The topological polar surface area (TPSA) is 44.8 Å². The number of halogens is 3. The fourth-order valence-electron chi connectivity index (χ4n) is 3.47. The summed E-state index contributed by atoms with van der Waals surface area (Å²) in [4.78, 5) is 15.6. The molecule has 1 amide bonds.